The van der Waals surface area contributed by atoms with Gasteiger partial charge in [-0.2, -0.15) is 0 Å². The number of carbonyl (C=O) groups is 4. The van der Waals surface area contributed by atoms with E-state index in [1.165, 1.54) is 6.92 Å². The highest BCUT2D eigenvalue weighted by atomic mass is 16.3. The van der Waals surface area contributed by atoms with Crippen LogP contribution in [0.5, 0.6) is 0 Å². The molecule has 0 radical (unpaired) electrons. The summed E-state index contributed by atoms with van der Waals surface area (Å²) in [6.45, 7) is 8.57. The topological polar surface area (TPSA) is 115 Å². The number of Topliss-reactive ketones (excluding diaryl/α,β-unsaturated/α-hetero) is 3. The van der Waals surface area contributed by atoms with Crippen LogP contribution in [0.3, 0.4) is 0 Å². The van der Waals surface area contributed by atoms with E-state index in [2.05, 4.69) is 0 Å². The Balaban J connectivity index is 2.68. The van der Waals surface area contributed by atoms with Crippen molar-refractivity contribution in [2.75, 3.05) is 0 Å². The van der Waals surface area contributed by atoms with Crippen molar-refractivity contribution in [3.63, 3.8) is 0 Å². The second-order valence-electron chi connectivity index (χ2n) is 7.47. The van der Waals surface area contributed by atoms with Gasteiger partial charge in [0.05, 0.1) is 12.0 Å². The lowest BCUT2D eigenvalue weighted by Gasteiger charge is -2.29. The predicted molar refractivity (Wildman–Crippen MR) is 105 cm³/mol. The van der Waals surface area contributed by atoms with Gasteiger partial charge in [0.2, 0.25) is 5.91 Å². The average Bonchev–Trinajstić information content (AvgIpc) is 2.57. The van der Waals surface area contributed by atoms with E-state index in [1.807, 2.05) is 13.8 Å². The van der Waals surface area contributed by atoms with Crippen molar-refractivity contribution in [2.24, 2.45) is 5.73 Å². The van der Waals surface area contributed by atoms with Gasteiger partial charge in [-0.25, -0.2) is 0 Å². The zero-order valence-electron chi connectivity index (χ0n) is 17.1. The summed E-state index contributed by atoms with van der Waals surface area (Å²) >= 11 is 0. The summed E-state index contributed by atoms with van der Waals surface area (Å²) in [7, 11) is 0. The molecule has 2 rings (SSSR count). The van der Waals surface area contributed by atoms with Gasteiger partial charge in [0.25, 0.3) is 0 Å². The highest BCUT2D eigenvalue weighted by Crippen LogP contribution is 2.39. The highest BCUT2D eigenvalue weighted by Gasteiger charge is 2.36. The normalized spacial score (nSPS) is 17.0. The number of benzene rings is 1. The van der Waals surface area contributed by atoms with E-state index < -0.39 is 11.8 Å². The van der Waals surface area contributed by atoms with Crippen molar-refractivity contribution >= 4 is 23.3 Å². The zero-order valence-corrected chi connectivity index (χ0v) is 17.1. The van der Waals surface area contributed by atoms with Crippen LogP contribution >= 0.6 is 0 Å². The number of primary amides is 1. The molecule has 1 aromatic carbocycles. The minimum Gasteiger partial charge on any atom is -0.511 e. The lowest BCUT2D eigenvalue weighted by molar-refractivity contribution is -0.125. The molecule has 0 aromatic heterocycles. The number of hydrogen-bond acceptors (Lipinski definition) is 5. The number of hydrogen-bond donors (Lipinski definition) is 2. The van der Waals surface area contributed by atoms with Gasteiger partial charge < -0.3 is 10.8 Å². The Morgan fingerprint density at radius 2 is 1.57 bits per heavy atom. The summed E-state index contributed by atoms with van der Waals surface area (Å²) in [6.07, 6.45) is 0.353. The number of allylic oxidation sites excluding steroid dienone is 2. The molecule has 1 fully saturated rings. The maximum absolute atomic E-state index is 12.6. The van der Waals surface area contributed by atoms with Gasteiger partial charge in [-0.3, -0.25) is 19.2 Å². The van der Waals surface area contributed by atoms with Crippen LogP contribution in [-0.4, -0.2) is 28.4 Å². The predicted octanol–water partition coefficient (Wildman–Crippen LogP) is 3.08. The average molecular weight is 385 g/mol. The number of rotatable bonds is 5. The van der Waals surface area contributed by atoms with Crippen molar-refractivity contribution < 1.29 is 24.3 Å². The Labute approximate surface area is 164 Å². The Kier molecular flexibility index (Phi) is 6.22. The molecule has 6 nitrogen and oxygen atoms in total. The molecule has 1 aromatic rings. The van der Waals surface area contributed by atoms with Gasteiger partial charge in [0, 0.05) is 24.8 Å². The van der Waals surface area contributed by atoms with Crippen LogP contribution in [-0.2, 0) is 20.8 Å². The number of ketones is 3. The summed E-state index contributed by atoms with van der Waals surface area (Å²) in [6, 6.07) is 0. The smallest absolute Gasteiger partial charge is 0.221 e. The molecule has 1 saturated carbocycles. The molecule has 0 spiro atoms. The van der Waals surface area contributed by atoms with Gasteiger partial charge >= 0.3 is 0 Å². The molecule has 0 saturated heterocycles. The Morgan fingerprint density at radius 3 is 2.00 bits per heavy atom. The largest absolute Gasteiger partial charge is 0.511 e. The molecule has 0 bridgehead atoms. The van der Waals surface area contributed by atoms with E-state index in [0.29, 0.717) is 16.7 Å². The lowest BCUT2D eigenvalue weighted by atomic mass is 9.73. The third kappa shape index (κ3) is 3.77. The number of nitrogens with two attached hydrogens (primary N) is 1. The number of carbonyl (C=O) groups excluding carboxylic acids is 4. The van der Waals surface area contributed by atoms with Crippen molar-refractivity contribution in [3.8, 4) is 0 Å². The summed E-state index contributed by atoms with van der Waals surface area (Å²) in [4.78, 5) is 49.0. The van der Waals surface area contributed by atoms with Crippen LogP contribution in [0.15, 0.2) is 11.3 Å². The third-order valence-corrected chi connectivity index (χ3v) is 5.62. The minimum atomic E-state index is -0.510. The van der Waals surface area contributed by atoms with Crippen LogP contribution in [0, 0.1) is 20.8 Å². The molecule has 28 heavy (non-hydrogen) atoms. The van der Waals surface area contributed by atoms with Crippen molar-refractivity contribution in [1.82, 2.24) is 0 Å². The summed E-state index contributed by atoms with van der Waals surface area (Å²) < 4.78 is 0. The first-order chi connectivity index (χ1) is 13.0. The molecule has 0 unspecified atom stereocenters. The van der Waals surface area contributed by atoms with Crippen LogP contribution in [0.2, 0.25) is 0 Å². The van der Waals surface area contributed by atoms with E-state index >= 15 is 0 Å². The first kappa shape index (κ1) is 21.5. The van der Waals surface area contributed by atoms with Crippen LogP contribution in [0.4, 0.5) is 0 Å². The second-order valence-corrected chi connectivity index (χ2v) is 7.47. The van der Waals surface area contributed by atoms with Crippen LogP contribution in [0.25, 0.3) is 0 Å². The van der Waals surface area contributed by atoms with Crippen LogP contribution < -0.4 is 5.73 Å². The molecule has 3 N–H and O–H groups in total. The van der Waals surface area contributed by atoms with Crippen molar-refractivity contribution in [1.29, 1.82) is 0 Å². The molecule has 0 heterocycles. The fourth-order valence-corrected chi connectivity index (χ4v) is 4.45. The molecular weight excluding hydrogens is 358 g/mol. The minimum absolute atomic E-state index is 0.0123. The Bertz CT molecular complexity index is 904. The Hall–Kier alpha value is -2.76. The monoisotopic (exact) mass is 385 g/mol. The van der Waals surface area contributed by atoms with Gasteiger partial charge in [-0.15, -0.1) is 0 Å². The molecule has 1 aliphatic rings. The first-order valence-electron chi connectivity index (χ1n) is 9.41. The first-order valence-corrected chi connectivity index (χ1v) is 9.41. The molecule has 1 aliphatic carbocycles. The summed E-state index contributed by atoms with van der Waals surface area (Å²) in [5, 5.41) is 9.93. The van der Waals surface area contributed by atoms with Gasteiger partial charge in [-0.05, 0) is 61.4 Å². The number of amides is 1. The van der Waals surface area contributed by atoms with E-state index in [4.69, 9.17) is 5.73 Å². The molecule has 0 atom stereocenters. The Morgan fingerprint density at radius 1 is 1.04 bits per heavy atom. The van der Waals surface area contributed by atoms with Crippen molar-refractivity contribution in [3.05, 3.63) is 44.7 Å². The van der Waals surface area contributed by atoms with Gasteiger partial charge in [-0.1, -0.05) is 6.92 Å². The fourth-order valence-electron chi connectivity index (χ4n) is 4.45. The van der Waals surface area contributed by atoms with E-state index in [9.17, 15) is 24.3 Å². The molecule has 1 amide bonds. The number of aliphatic hydroxyl groups is 1. The fraction of sp³-hybridized carbons (Fsp3) is 0.455. The van der Waals surface area contributed by atoms with Gasteiger partial charge in [0.15, 0.2) is 17.3 Å². The van der Waals surface area contributed by atoms with Crippen molar-refractivity contribution in [2.45, 2.75) is 66.2 Å². The number of aliphatic hydroxyl groups excluding tert-OH is 1. The van der Waals surface area contributed by atoms with E-state index in [0.717, 1.165) is 16.7 Å². The standard InChI is InChI=1S/C22H27NO5/c1-6-16(25)22-17(26)7-14(8-18(22)27)21-11(3)15(9-19(23)28)10(2)20(12(21)4)13(5)24/h14,25H,6-9H2,1-5H3,(H2,23,28). The maximum atomic E-state index is 12.6. The lowest BCUT2D eigenvalue weighted by Crippen LogP contribution is -2.28. The van der Waals surface area contributed by atoms with Gasteiger partial charge in [0.1, 0.15) is 5.76 Å². The van der Waals surface area contributed by atoms with Crippen LogP contribution in [0.1, 0.15) is 77.2 Å². The molecule has 150 valence electrons. The SMILES string of the molecule is CCC(O)=C1C(=O)CC(c2c(C)c(CC(N)=O)c(C)c(C(C)=O)c2C)CC1=O. The quantitative estimate of drug-likeness (QED) is 0.350. The molecular formula is C22H27NO5. The summed E-state index contributed by atoms with van der Waals surface area (Å²) in [5.41, 5.74) is 9.46. The summed E-state index contributed by atoms with van der Waals surface area (Å²) in [5.74, 6) is -2.01. The molecule has 6 heteroatoms. The molecule has 0 aliphatic heterocycles. The third-order valence-electron chi connectivity index (χ3n) is 5.62. The van der Waals surface area contributed by atoms with E-state index in [-0.39, 0.29) is 54.4 Å². The van der Waals surface area contributed by atoms with E-state index in [1.54, 1.807) is 13.8 Å². The highest BCUT2D eigenvalue weighted by molar-refractivity contribution is 6.22. The maximum Gasteiger partial charge on any atom is 0.221 e. The second kappa shape index (κ2) is 8.09. The zero-order chi connectivity index (χ0) is 21.3.